The molecular formula is C15H14N4. The molecule has 0 unspecified atom stereocenters. The predicted octanol–water partition coefficient (Wildman–Crippen LogP) is 2.93. The maximum atomic E-state index is 4.44. The van der Waals surface area contributed by atoms with Crippen molar-refractivity contribution in [1.82, 2.24) is 5.43 Å². The number of hydrogen-bond acceptors (Lipinski definition) is 3. The number of rotatable bonds is 2. The normalized spacial score (nSPS) is 18.5. The zero-order valence-corrected chi connectivity index (χ0v) is 10.6. The van der Waals surface area contributed by atoms with Crippen LogP contribution in [-0.2, 0) is 5.54 Å². The highest BCUT2D eigenvalue weighted by Gasteiger charge is 2.43. The lowest BCUT2D eigenvalue weighted by molar-refractivity contribution is 0.715. The second-order valence-electron chi connectivity index (χ2n) is 4.33. The molecule has 1 aliphatic heterocycles. The molecule has 0 aromatic heterocycles. The Hall–Kier alpha value is -2.49. The van der Waals surface area contributed by atoms with E-state index in [0.29, 0.717) is 0 Å². The lowest BCUT2D eigenvalue weighted by Gasteiger charge is -2.25. The fourth-order valence-corrected chi connectivity index (χ4v) is 2.40. The molecule has 0 saturated heterocycles. The molecule has 0 amide bonds. The minimum absolute atomic E-state index is 0.655. The summed E-state index contributed by atoms with van der Waals surface area (Å²) in [6, 6.07) is 20.2. The fraction of sp³-hybridized carbons (Fsp3) is 0.133. The monoisotopic (exact) mass is 250 g/mol. The summed E-state index contributed by atoms with van der Waals surface area (Å²) in [4.78, 5) is 4.31. The van der Waals surface area contributed by atoms with Gasteiger partial charge in [-0.3, -0.25) is 4.99 Å². The van der Waals surface area contributed by atoms with Crippen LogP contribution < -0.4 is 5.43 Å². The van der Waals surface area contributed by atoms with E-state index in [1.54, 1.807) is 7.05 Å². The van der Waals surface area contributed by atoms with Gasteiger partial charge in [-0.15, -0.1) is 5.11 Å². The Morgan fingerprint density at radius 1 is 0.895 bits per heavy atom. The molecule has 0 aliphatic carbocycles. The molecule has 0 bridgehead atoms. The largest absolute Gasteiger partial charge is 0.271 e. The standard InChI is InChI=1S/C15H14N4/c1-16-14-15(18-19-17-14,12-8-4-2-5-9-12)13-10-6-3-7-11-13/h2-11H,1H3,(H,16,17,18). The number of amidine groups is 1. The third-order valence-electron chi connectivity index (χ3n) is 3.31. The van der Waals surface area contributed by atoms with E-state index in [4.69, 9.17) is 0 Å². The summed E-state index contributed by atoms with van der Waals surface area (Å²) < 4.78 is 0. The second kappa shape index (κ2) is 4.65. The van der Waals surface area contributed by atoms with E-state index in [9.17, 15) is 0 Å². The highest BCUT2D eigenvalue weighted by atomic mass is 15.5. The average Bonchev–Trinajstić information content (AvgIpc) is 2.94. The number of benzene rings is 2. The molecule has 1 N–H and O–H groups in total. The van der Waals surface area contributed by atoms with Crippen molar-refractivity contribution in [2.24, 2.45) is 15.3 Å². The van der Waals surface area contributed by atoms with Crippen LogP contribution in [0.25, 0.3) is 0 Å². The van der Waals surface area contributed by atoms with E-state index in [2.05, 4.69) is 20.8 Å². The van der Waals surface area contributed by atoms with Crippen LogP contribution in [0.1, 0.15) is 11.1 Å². The Morgan fingerprint density at radius 2 is 1.42 bits per heavy atom. The van der Waals surface area contributed by atoms with Crippen LogP contribution in [0.4, 0.5) is 0 Å². The number of nitrogens with one attached hydrogen (secondary N) is 1. The van der Waals surface area contributed by atoms with E-state index in [1.165, 1.54) is 0 Å². The smallest absolute Gasteiger partial charge is 0.192 e. The molecule has 94 valence electrons. The first-order chi connectivity index (χ1) is 9.38. The molecule has 19 heavy (non-hydrogen) atoms. The Balaban J connectivity index is 2.26. The van der Waals surface area contributed by atoms with Gasteiger partial charge in [0.2, 0.25) is 0 Å². The van der Waals surface area contributed by atoms with E-state index in [-0.39, 0.29) is 0 Å². The molecule has 0 radical (unpaired) electrons. The number of nitrogens with zero attached hydrogens (tertiary/aromatic N) is 3. The van der Waals surface area contributed by atoms with Crippen molar-refractivity contribution in [2.75, 3.05) is 7.05 Å². The molecule has 1 aliphatic rings. The van der Waals surface area contributed by atoms with Crippen molar-refractivity contribution < 1.29 is 0 Å². The van der Waals surface area contributed by atoms with Crippen molar-refractivity contribution in [3.05, 3.63) is 71.8 Å². The Labute approximate surface area is 111 Å². The Kier molecular flexibility index (Phi) is 2.83. The van der Waals surface area contributed by atoms with E-state index < -0.39 is 5.54 Å². The van der Waals surface area contributed by atoms with Crippen LogP contribution in [0, 0.1) is 0 Å². The van der Waals surface area contributed by atoms with Gasteiger partial charge in [0.1, 0.15) is 0 Å². The Bertz CT molecular complexity index is 578. The summed E-state index contributed by atoms with van der Waals surface area (Å²) in [5.41, 5.74) is 4.35. The first kappa shape index (κ1) is 11.6. The van der Waals surface area contributed by atoms with Crippen LogP contribution in [0.5, 0.6) is 0 Å². The zero-order chi connectivity index (χ0) is 13.1. The van der Waals surface area contributed by atoms with Gasteiger partial charge in [-0.05, 0) is 11.1 Å². The third-order valence-corrected chi connectivity index (χ3v) is 3.31. The van der Waals surface area contributed by atoms with Crippen LogP contribution in [0.3, 0.4) is 0 Å². The van der Waals surface area contributed by atoms with Crippen molar-refractivity contribution in [3.63, 3.8) is 0 Å². The fourth-order valence-electron chi connectivity index (χ4n) is 2.40. The van der Waals surface area contributed by atoms with Gasteiger partial charge in [0.25, 0.3) is 0 Å². The van der Waals surface area contributed by atoms with E-state index in [0.717, 1.165) is 17.0 Å². The van der Waals surface area contributed by atoms with E-state index in [1.807, 2.05) is 60.7 Å². The summed E-state index contributed by atoms with van der Waals surface area (Å²) in [7, 11) is 1.75. The third kappa shape index (κ3) is 1.73. The molecule has 0 saturated carbocycles. The molecular weight excluding hydrogens is 236 g/mol. The van der Waals surface area contributed by atoms with Crippen LogP contribution in [0.2, 0.25) is 0 Å². The molecule has 4 nitrogen and oxygen atoms in total. The quantitative estimate of drug-likeness (QED) is 0.875. The van der Waals surface area contributed by atoms with Gasteiger partial charge in [-0.25, -0.2) is 5.43 Å². The van der Waals surface area contributed by atoms with Gasteiger partial charge in [-0.2, -0.15) is 0 Å². The summed E-state index contributed by atoms with van der Waals surface area (Å²) >= 11 is 0. The van der Waals surface area contributed by atoms with Crippen LogP contribution >= 0.6 is 0 Å². The van der Waals surface area contributed by atoms with Gasteiger partial charge in [0.05, 0.1) is 0 Å². The topological polar surface area (TPSA) is 49.1 Å². The van der Waals surface area contributed by atoms with Crippen molar-refractivity contribution in [2.45, 2.75) is 5.54 Å². The zero-order valence-electron chi connectivity index (χ0n) is 10.6. The second-order valence-corrected chi connectivity index (χ2v) is 4.33. The molecule has 2 aromatic carbocycles. The van der Waals surface area contributed by atoms with Crippen molar-refractivity contribution in [3.8, 4) is 0 Å². The van der Waals surface area contributed by atoms with Crippen molar-refractivity contribution in [1.29, 1.82) is 0 Å². The van der Waals surface area contributed by atoms with Gasteiger partial charge < -0.3 is 0 Å². The molecule has 2 aromatic rings. The lowest BCUT2D eigenvalue weighted by atomic mass is 9.83. The maximum absolute atomic E-state index is 4.44. The molecule has 3 rings (SSSR count). The highest BCUT2D eigenvalue weighted by Crippen LogP contribution is 2.37. The van der Waals surface area contributed by atoms with E-state index >= 15 is 0 Å². The summed E-state index contributed by atoms with van der Waals surface area (Å²) in [5.74, 6) is 0.741. The molecule has 0 spiro atoms. The summed E-state index contributed by atoms with van der Waals surface area (Å²) in [6.07, 6.45) is 0. The van der Waals surface area contributed by atoms with Crippen molar-refractivity contribution >= 4 is 5.84 Å². The highest BCUT2D eigenvalue weighted by molar-refractivity contribution is 5.97. The van der Waals surface area contributed by atoms with Gasteiger partial charge in [0.15, 0.2) is 11.4 Å². The van der Waals surface area contributed by atoms with Gasteiger partial charge in [0, 0.05) is 7.05 Å². The number of aliphatic imine (C=N–C) groups is 1. The maximum Gasteiger partial charge on any atom is 0.192 e. The summed E-state index contributed by atoms with van der Waals surface area (Å²) in [6.45, 7) is 0. The minimum atomic E-state index is -0.655. The Morgan fingerprint density at radius 3 is 1.89 bits per heavy atom. The summed E-state index contributed by atoms with van der Waals surface area (Å²) in [5, 5.41) is 8.43. The first-order valence-electron chi connectivity index (χ1n) is 6.14. The molecule has 4 heteroatoms. The molecule has 1 heterocycles. The van der Waals surface area contributed by atoms with Gasteiger partial charge >= 0.3 is 0 Å². The van der Waals surface area contributed by atoms with Crippen LogP contribution in [0.15, 0.2) is 76.0 Å². The number of hydrogen-bond donors (Lipinski definition) is 1. The molecule has 0 fully saturated rings. The molecule has 0 atom stereocenters. The lowest BCUT2D eigenvalue weighted by Crippen LogP contribution is -2.37. The van der Waals surface area contributed by atoms with Crippen LogP contribution in [-0.4, -0.2) is 12.9 Å². The minimum Gasteiger partial charge on any atom is -0.271 e. The average molecular weight is 250 g/mol. The predicted molar refractivity (Wildman–Crippen MR) is 75.0 cm³/mol. The first-order valence-corrected chi connectivity index (χ1v) is 6.14. The van der Waals surface area contributed by atoms with Gasteiger partial charge in [-0.1, -0.05) is 65.9 Å². The SMILES string of the molecule is CN=C1NN=NC1(c1ccccc1)c1ccccc1.